The highest BCUT2D eigenvalue weighted by molar-refractivity contribution is 5.98. The highest BCUT2D eigenvalue weighted by Gasteiger charge is 2.57. The number of fused-ring (bicyclic) bond motifs is 3. The van der Waals surface area contributed by atoms with E-state index in [1.807, 2.05) is 30.0 Å². The van der Waals surface area contributed by atoms with Crippen LogP contribution in [-0.4, -0.2) is 48.1 Å². The molecular weight excluding hydrogens is 396 g/mol. The molecule has 2 amide bonds. The SMILES string of the molecule is CCOC(=O)[C@@H]1CCCN(C(=O)[C@H]2C[C@H]3CC[C@H]2C[C@@]32NC(=O)c3ccccc3O2)C1. The third-order valence-electron chi connectivity index (χ3n) is 7.64. The van der Waals surface area contributed by atoms with Gasteiger partial charge in [-0.15, -0.1) is 0 Å². The largest absolute Gasteiger partial charge is 0.467 e. The van der Waals surface area contributed by atoms with Crippen LogP contribution in [-0.2, 0) is 14.3 Å². The number of likely N-dealkylation sites (tertiary alicyclic amines) is 1. The molecule has 1 aromatic rings. The van der Waals surface area contributed by atoms with E-state index in [0.717, 1.165) is 25.7 Å². The Hall–Kier alpha value is -2.57. The first-order valence-corrected chi connectivity index (χ1v) is 11.6. The van der Waals surface area contributed by atoms with Crippen LogP contribution < -0.4 is 10.1 Å². The van der Waals surface area contributed by atoms with Gasteiger partial charge in [-0.05, 0) is 57.1 Å². The molecule has 5 aliphatic rings. The van der Waals surface area contributed by atoms with Gasteiger partial charge >= 0.3 is 5.97 Å². The van der Waals surface area contributed by atoms with Crippen LogP contribution >= 0.6 is 0 Å². The van der Waals surface area contributed by atoms with Gasteiger partial charge in [0, 0.05) is 31.3 Å². The zero-order chi connectivity index (χ0) is 21.6. The number of hydrogen-bond acceptors (Lipinski definition) is 5. The smallest absolute Gasteiger partial charge is 0.310 e. The lowest BCUT2D eigenvalue weighted by molar-refractivity contribution is -0.159. The van der Waals surface area contributed by atoms with Crippen LogP contribution in [0.15, 0.2) is 24.3 Å². The van der Waals surface area contributed by atoms with Crippen molar-refractivity contribution in [2.45, 2.75) is 51.2 Å². The standard InChI is InChI=1S/C24H30N2O5/c1-2-30-23(29)16-6-5-11-26(14-16)22(28)19-12-17-10-9-15(19)13-24(17)25-21(27)18-7-3-4-8-20(18)31-24/h3-4,7-8,15-17,19H,2,5-6,9-14H2,1H3,(H,25,27)/t15-,16+,17+,19-,24-/m0/s1. The highest BCUT2D eigenvalue weighted by atomic mass is 16.5. The van der Waals surface area contributed by atoms with E-state index in [1.54, 1.807) is 6.07 Å². The summed E-state index contributed by atoms with van der Waals surface area (Å²) >= 11 is 0. The van der Waals surface area contributed by atoms with Crippen molar-refractivity contribution in [3.63, 3.8) is 0 Å². The average Bonchev–Trinajstić information content (AvgIpc) is 2.79. The first-order valence-electron chi connectivity index (χ1n) is 11.6. The van der Waals surface area contributed by atoms with Crippen molar-refractivity contribution in [1.29, 1.82) is 0 Å². The van der Waals surface area contributed by atoms with Crippen molar-refractivity contribution in [2.75, 3.05) is 19.7 Å². The summed E-state index contributed by atoms with van der Waals surface area (Å²) in [4.78, 5) is 40.3. The molecule has 2 bridgehead atoms. The first kappa shape index (κ1) is 20.3. The Morgan fingerprint density at radius 3 is 2.87 bits per heavy atom. The second-order valence-electron chi connectivity index (χ2n) is 9.40. The molecule has 1 saturated heterocycles. The van der Waals surface area contributed by atoms with Gasteiger partial charge in [-0.25, -0.2) is 0 Å². The summed E-state index contributed by atoms with van der Waals surface area (Å²) in [5, 5.41) is 3.15. The van der Waals surface area contributed by atoms with Crippen molar-refractivity contribution in [2.24, 2.45) is 23.7 Å². The summed E-state index contributed by atoms with van der Waals surface area (Å²) < 4.78 is 11.6. The van der Waals surface area contributed by atoms with Gasteiger partial charge < -0.3 is 19.7 Å². The van der Waals surface area contributed by atoms with E-state index in [1.165, 1.54) is 0 Å². The van der Waals surface area contributed by atoms with E-state index in [4.69, 9.17) is 9.47 Å². The third-order valence-corrected chi connectivity index (χ3v) is 7.64. The van der Waals surface area contributed by atoms with Gasteiger partial charge in [0.05, 0.1) is 18.1 Å². The van der Waals surface area contributed by atoms with Crippen LogP contribution in [0.25, 0.3) is 0 Å². The Morgan fingerprint density at radius 1 is 1.26 bits per heavy atom. The van der Waals surface area contributed by atoms with E-state index in [0.29, 0.717) is 43.9 Å². The normalized spacial score (nSPS) is 34.0. The topological polar surface area (TPSA) is 84.9 Å². The second kappa shape index (κ2) is 7.84. The van der Waals surface area contributed by atoms with Gasteiger partial charge in [0.15, 0.2) is 5.72 Å². The predicted octanol–water partition coefficient (Wildman–Crippen LogP) is 2.74. The molecule has 0 aromatic heterocycles. The molecule has 166 valence electrons. The van der Waals surface area contributed by atoms with Gasteiger partial charge in [-0.1, -0.05) is 12.1 Å². The minimum atomic E-state index is -0.708. The third kappa shape index (κ3) is 3.48. The predicted molar refractivity (Wildman–Crippen MR) is 112 cm³/mol. The number of nitrogens with zero attached hydrogens (tertiary/aromatic N) is 1. The summed E-state index contributed by atoms with van der Waals surface area (Å²) in [5.41, 5.74) is -0.138. The number of carbonyl (C=O) groups excluding carboxylic acids is 3. The maximum absolute atomic E-state index is 13.4. The minimum absolute atomic E-state index is 0.0667. The number of piperidine rings is 1. The van der Waals surface area contributed by atoms with Gasteiger partial charge in [0.25, 0.3) is 5.91 Å². The Morgan fingerprint density at radius 2 is 2.10 bits per heavy atom. The molecular formula is C24H30N2O5. The molecule has 5 atom stereocenters. The Balaban J connectivity index is 1.30. The quantitative estimate of drug-likeness (QED) is 0.752. The first-order chi connectivity index (χ1) is 15.0. The summed E-state index contributed by atoms with van der Waals surface area (Å²) in [5.74, 6) is 0.494. The number of ether oxygens (including phenoxy) is 2. The molecule has 2 heterocycles. The number of nitrogens with one attached hydrogen (secondary N) is 1. The monoisotopic (exact) mass is 426 g/mol. The molecule has 3 saturated carbocycles. The lowest BCUT2D eigenvalue weighted by atomic mass is 9.59. The van der Waals surface area contributed by atoms with Crippen LogP contribution in [0.2, 0.25) is 0 Å². The summed E-state index contributed by atoms with van der Waals surface area (Å²) in [6.07, 6.45) is 4.90. The number of rotatable bonds is 3. The number of esters is 1. The van der Waals surface area contributed by atoms with Gasteiger partial charge in [-0.3, -0.25) is 14.4 Å². The highest BCUT2D eigenvalue weighted by Crippen LogP contribution is 2.53. The molecule has 7 heteroatoms. The van der Waals surface area contributed by atoms with E-state index >= 15 is 0 Å². The second-order valence-corrected chi connectivity index (χ2v) is 9.40. The van der Waals surface area contributed by atoms with Gasteiger partial charge in [-0.2, -0.15) is 0 Å². The zero-order valence-corrected chi connectivity index (χ0v) is 18.0. The van der Waals surface area contributed by atoms with Crippen LogP contribution in [0.4, 0.5) is 0 Å². The van der Waals surface area contributed by atoms with Crippen molar-refractivity contribution < 1.29 is 23.9 Å². The van der Waals surface area contributed by atoms with E-state index in [9.17, 15) is 14.4 Å². The fourth-order valence-electron chi connectivity index (χ4n) is 6.13. The van der Waals surface area contributed by atoms with Crippen molar-refractivity contribution in [3.05, 3.63) is 29.8 Å². The molecule has 4 fully saturated rings. The average molecular weight is 427 g/mol. The number of para-hydroxylation sites is 1. The molecule has 1 N–H and O–H groups in total. The summed E-state index contributed by atoms with van der Waals surface area (Å²) in [7, 11) is 0. The lowest BCUT2D eigenvalue weighted by Crippen LogP contribution is -2.67. The Bertz CT molecular complexity index is 902. The van der Waals surface area contributed by atoms with Crippen molar-refractivity contribution in [1.82, 2.24) is 10.2 Å². The van der Waals surface area contributed by atoms with Gasteiger partial charge in [0.1, 0.15) is 5.75 Å². The maximum atomic E-state index is 13.4. The number of carbonyl (C=O) groups is 3. The zero-order valence-electron chi connectivity index (χ0n) is 18.0. The van der Waals surface area contributed by atoms with Crippen LogP contribution in [0.3, 0.4) is 0 Å². The number of amides is 2. The van der Waals surface area contributed by atoms with E-state index in [-0.39, 0.29) is 41.5 Å². The minimum Gasteiger partial charge on any atom is -0.467 e. The molecule has 2 aliphatic heterocycles. The fraction of sp³-hybridized carbons (Fsp3) is 0.625. The summed E-state index contributed by atoms with van der Waals surface area (Å²) in [6.45, 7) is 3.33. The van der Waals surface area contributed by atoms with Crippen molar-refractivity contribution in [3.8, 4) is 5.75 Å². The molecule has 1 spiro atoms. The lowest BCUT2D eigenvalue weighted by Gasteiger charge is -2.55. The fourth-order valence-corrected chi connectivity index (χ4v) is 6.13. The van der Waals surface area contributed by atoms with E-state index in [2.05, 4.69) is 5.32 Å². The molecule has 0 radical (unpaired) electrons. The van der Waals surface area contributed by atoms with Gasteiger partial charge in [0.2, 0.25) is 5.91 Å². The maximum Gasteiger partial charge on any atom is 0.310 e. The number of hydrogen-bond donors (Lipinski definition) is 1. The van der Waals surface area contributed by atoms with Crippen LogP contribution in [0.5, 0.6) is 5.75 Å². The Labute approximate surface area is 182 Å². The molecule has 3 aliphatic carbocycles. The Kier molecular flexibility index (Phi) is 5.15. The van der Waals surface area contributed by atoms with Crippen LogP contribution in [0, 0.1) is 23.7 Å². The molecule has 1 aromatic carbocycles. The molecule has 7 nitrogen and oxygen atoms in total. The summed E-state index contributed by atoms with van der Waals surface area (Å²) in [6, 6.07) is 7.35. The number of benzene rings is 1. The molecule has 0 unspecified atom stereocenters. The van der Waals surface area contributed by atoms with Crippen LogP contribution in [0.1, 0.15) is 55.8 Å². The van der Waals surface area contributed by atoms with E-state index < -0.39 is 5.72 Å². The molecule has 6 rings (SSSR count). The molecule has 31 heavy (non-hydrogen) atoms. The van der Waals surface area contributed by atoms with Crippen molar-refractivity contribution >= 4 is 17.8 Å².